The van der Waals surface area contributed by atoms with E-state index in [0.717, 1.165) is 16.0 Å². The number of carbonyl (C=O) groups is 3. The second kappa shape index (κ2) is 8.15. The van der Waals surface area contributed by atoms with Crippen LogP contribution in [-0.2, 0) is 27.5 Å². The van der Waals surface area contributed by atoms with Crippen molar-refractivity contribution in [3.05, 3.63) is 71.8 Å². The number of nitrogens with zero attached hydrogens (tertiary/aromatic N) is 1. The molecule has 7 nitrogen and oxygen atoms in total. The molecule has 0 unspecified atom stereocenters. The van der Waals surface area contributed by atoms with Gasteiger partial charge in [0.05, 0.1) is 6.54 Å². The lowest BCUT2D eigenvalue weighted by molar-refractivity contribution is -0.148. The van der Waals surface area contributed by atoms with Gasteiger partial charge in [-0.1, -0.05) is 60.7 Å². The van der Waals surface area contributed by atoms with Crippen molar-refractivity contribution < 1.29 is 23.9 Å². The van der Waals surface area contributed by atoms with Gasteiger partial charge in [0.15, 0.2) is 6.04 Å². The summed E-state index contributed by atoms with van der Waals surface area (Å²) < 4.78 is 10.4. The molecule has 0 spiro atoms. The molecular formula is C19H18N2O5. The van der Waals surface area contributed by atoms with Crippen LogP contribution in [0, 0.1) is 0 Å². The van der Waals surface area contributed by atoms with Crippen LogP contribution in [0.2, 0.25) is 0 Å². The quantitative estimate of drug-likeness (QED) is 0.834. The first-order valence-corrected chi connectivity index (χ1v) is 8.13. The first kappa shape index (κ1) is 17.5. The van der Waals surface area contributed by atoms with Gasteiger partial charge in [-0.2, -0.15) is 0 Å². The van der Waals surface area contributed by atoms with Crippen LogP contribution < -0.4 is 5.32 Å². The molecule has 0 saturated carbocycles. The van der Waals surface area contributed by atoms with Crippen molar-refractivity contribution in [3.8, 4) is 0 Å². The predicted molar refractivity (Wildman–Crippen MR) is 91.9 cm³/mol. The summed E-state index contributed by atoms with van der Waals surface area (Å²) in [6.45, 7) is 0.0688. The highest BCUT2D eigenvalue weighted by atomic mass is 16.6. The first-order chi connectivity index (χ1) is 12.6. The second-order valence-corrected chi connectivity index (χ2v) is 5.71. The minimum absolute atomic E-state index is 0.00705. The smallest absolute Gasteiger partial charge is 0.419 e. The molecule has 2 aromatic rings. The number of rotatable bonds is 5. The third-order valence-corrected chi connectivity index (χ3v) is 3.87. The minimum atomic E-state index is -1.05. The number of esters is 1. The predicted octanol–water partition coefficient (Wildman–Crippen LogP) is 2.46. The molecule has 1 heterocycles. The largest absolute Gasteiger partial charge is 0.459 e. The molecule has 0 radical (unpaired) electrons. The average Bonchev–Trinajstić information content (AvgIpc) is 3.07. The monoisotopic (exact) mass is 354 g/mol. The molecule has 1 fully saturated rings. The number of benzene rings is 2. The van der Waals surface area contributed by atoms with Gasteiger partial charge in [-0.3, -0.25) is 0 Å². The molecule has 1 atom stereocenters. The Bertz CT molecular complexity index is 779. The van der Waals surface area contributed by atoms with Gasteiger partial charge in [0.25, 0.3) is 0 Å². The molecule has 1 aliphatic rings. The molecule has 0 bridgehead atoms. The van der Waals surface area contributed by atoms with Gasteiger partial charge in [0.1, 0.15) is 13.2 Å². The summed E-state index contributed by atoms with van der Waals surface area (Å²) in [5, 5.41) is 2.46. The Balaban J connectivity index is 1.58. The molecule has 1 aliphatic heterocycles. The van der Waals surface area contributed by atoms with Gasteiger partial charge in [-0.15, -0.1) is 0 Å². The van der Waals surface area contributed by atoms with Gasteiger partial charge in [-0.25, -0.2) is 19.3 Å². The lowest BCUT2D eigenvalue weighted by Gasteiger charge is -2.19. The number of hydrogen-bond acceptors (Lipinski definition) is 5. The van der Waals surface area contributed by atoms with E-state index in [9.17, 15) is 14.4 Å². The molecule has 1 N–H and O–H groups in total. The van der Waals surface area contributed by atoms with Crippen molar-refractivity contribution in [1.29, 1.82) is 0 Å². The van der Waals surface area contributed by atoms with Gasteiger partial charge in [0.2, 0.25) is 0 Å². The number of amides is 3. The number of nitrogens with one attached hydrogen (secondary N) is 1. The van der Waals surface area contributed by atoms with Crippen LogP contribution in [0.15, 0.2) is 60.7 Å². The standard InChI is InChI=1S/C19H18N2O5/c22-17(25-12-14-7-3-1-4-8-14)16-11-20-18(23)21(16)19(24)26-13-15-9-5-2-6-10-15/h1-10,16H,11-13H2,(H,20,23)/t16-/m0/s1. The number of carbonyl (C=O) groups excluding carboxylic acids is 3. The van der Waals surface area contributed by atoms with Gasteiger partial charge < -0.3 is 14.8 Å². The molecule has 3 amide bonds. The maximum atomic E-state index is 12.3. The Kier molecular flexibility index (Phi) is 5.48. The SMILES string of the molecule is O=C(OCc1ccccc1)[C@@H]1CNC(=O)N1C(=O)OCc1ccccc1. The lowest BCUT2D eigenvalue weighted by Crippen LogP contribution is -2.44. The van der Waals surface area contributed by atoms with E-state index < -0.39 is 24.1 Å². The highest BCUT2D eigenvalue weighted by molar-refractivity contribution is 5.98. The van der Waals surface area contributed by atoms with Crippen LogP contribution in [-0.4, -0.2) is 35.6 Å². The van der Waals surface area contributed by atoms with E-state index in [1.54, 1.807) is 12.1 Å². The summed E-state index contributed by atoms with van der Waals surface area (Å²) in [7, 11) is 0. The molecule has 2 aromatic carbocycles. The molecular weight excluding hydrogens is 336 g/mol. The fourth-order valence-corrected chi connectivity index (χ4v) is 2.51. The van der Waals surface area contributed by atoms with Crippen molar-refractivity contribution in [3.63, 3.8) is 0 Å². The van der Waals surface area contributed by atoms with E-state index in [2.05, 4.69) is 5.32 Å². The highest BCUT2D eigenvalue weighted by Crippen LogP contribution is 2.13. The molecule has 3 rings (SSSR count). The van der Waals surface area contributed by atoms with E-state index >= 15 is 0 Å². The van der Waals surface area contributed by atoms with Crippen LogP contribution in [0.4, 0.5) is 9.59 Å². The molecule has 1 saturated heterocycles. The number of urea groups is 1. The minimum Gasteiger partial charge on any atom is -0.459 e. The summed E-state index contributed by atoms with van der Waals surface area (Å²) in [5.74, 6) is -0.663. The highest BCUT2D eigenvalue weighted by Gasteiger charge is 2.42. The summed E-state index contributed by atoms with van der Waals surface area (Å²) in [6.07, 6.45) is -0.884. The third-order valence-electron chi connectivity index (χ3n) is 3.87. The van der Waals surface area contributed by atoms with Crippen molar-refractivity contribution in [2.24, 2.45) is 0 Å². The van der Waals surface area contributed by atoms with Crippen molar-refractivity contribution in [1.82, 2.24) is 10.2 Å². The Morgan fingerprint density at radius 3 is 2.04 bits per heavy atom. The molecule has 7 heteroatoms. The summed E-state index contributed by atoms with van der Waals surface area (Å²) in [5.41, 5.74) is 1.60. The Hall–Kier alpha value is -3.35. The zero-order valence-corrected chi connectivity index (χ0v) is 14.0. The lowest BCUT2D eigenvalue weighted by atomic mass is 10.2. The van der Waals surface area contributed by atoms with Crippen LogP contribution >= 0.6 is 0 Å². The Labute approximate surface area is 150 Å². The van der Waals surface area contributed by atoms with E-state index in [0.29, 0.717) is 0 Å². The fraction of sp³-hybridized carbons (Fsp3) is 0.211. The zero-order chi connectivity index (χ0) is 18.4. The normalized spacial score (nSPS) is 16.1. The molecule has 26 heavy (non-hydrogen) atoms. The van der Waals surface area contributed by atoms with Gasteiger partial charge in [-0.05, 0) is 11.1 Å². The summed E-state index contributed by atoms with van der Waals surface area (Å²) in [4.78, 5) is 37.2. The van der Waals surface area contributed by atoms with Crippen LogP contribution in [0.3, 0.4) is 0 Å². The first-order valence-electron chi connectivity index (χ1n) is 8.13. The number of ether oxygens (including phenoxy) is 2. The van der Waals surface area contributed by atoms with Crippen molar-refractivity contribution >= 4 is 18.1 Å². The van der Waals surface area contributed by atoms with E-state index in [1.165, 1.54) is 0 Å². The van der Waals surface area contributed by atoms with E-state index in [1.807, 2.05) is 48.5 Å². The molecule has 134 valence electrons. The second-order valence-electron chi connectivity index (χ2n) is 5.71. The topological polar surface area (TPSA) is 84.9 Å². The molecule has 0 aliphatic carbocycles. The maximum Gasteiger partial charge on any atom is 0.419 e. The van der Waals surface area contributed by atoms with E-state index in [4.69, 9.17) is 9.47 Å². The zero-order valence-electron chi connectivity index (χ0n) is 14.0. The maximum absolute atomic E-state index is 12.3. The number of imide groups is 1. The van der Waals surface area contributed by atoms with Gasteiger partial charge in [0, 0.05) is 0 Å². The molecule has 0 aromatic heterocycles. The van der Waals surface area contributed by atoms with Crippen LogP contribution in [0.1, 0.15) is 11.1 Å². The summed E-state index contributed by atoms with van der Waals surface area (Å²) >= 11 is 0. The van der Waals surface area contributed by atoms with Crippen LogP contribution in [0.25, 0.3) is 0 Å². The Morgan fingerprint density at radius 2 is 1.46 bits per heavy atom. The Morgan fingerprint density at radius 1 is 0.923 bits per heavy atom. The van der Waals surface area contributed by atoms with E-state index in [-0.39, 0.29) is 19.8 Å². The van der Waals surface area contributed by atoms with Crippen molar-refractivity contribution in [2.75, 3.05) is 6.54 Å². The van der Waals surface area contributed by atoms with Gasteiger partial charge >= 0.3 is 18.1 Å². The van der Waals surface area contributed by atoms with Crippen molar-refractivity contribution in [2.45, 2.75) is 19.3 Å². The fourth-order valence-electron chi connectivity index (χ4n) is 2.51. The average molecular weight is 354 g/mol. The third kappa shape index (κ3) is 4.18. The van der Waals surface area contributed by atoms with Crippen LogP contribution in [0.5, 0.6) is 0 Å². The number of hydrogen-bond donors (Lipinski definition) is 1. The summed E-state index contributed by atoms with van der Waals surface area (Å²) in [6, 6.07) is 16.5.